The van der Waals surface area contributed by atoms with Crippen molar-refractivity contribution in [3.8, 4) is 5.75 Å². The molecular formula is C17H24ClNO. The molecule has 3 rings (SSSR count). The third kappa shape index (κ3) is 3.67. The zero-order valence-corrected chi connectivity index (χ0v) is 13.0. The van der Waals surface area contributed by atoms with E-state index in [1.54, 1.807) is 0 Å². The predicted molar refractivity (Wildman–Crippen MR) is 83.7 cm³/mol. The van der Waals surface area contributed by atoms with Crippen LogP contribution in [0.3, 0.4) is 0 Å². The Bertz CT molecular complexity index is 464. The topological polar surface area (TPSA) is 21.3 Å². The number of benzene rings is 1. The minimum Gasteiger partial charge on any atom is -0.491 e. The van der Waals surface area contributed by atoms with Gasteiger partial charge in [0.2, 0.25) is 0 Å². The van der Waals surface area contributed by atoms with E-state index in [0.29, 0.717) is 5.92 Å². The smallest absolute Gasteiger partial charge is 0.141 e. The number of piperidine rings is 1. The molecule has 1 atom stereocenters. The molecule has 20 heavy (non-hydrogen) atoms. The molecule has 1 saturated heterocycles. The second-order valence-electron chi connectivity index (χ2n) is 6.41. The molecule has 0 bridgehead atoms. The monoisotopic (exact) mass is 293 g/mol. The number of halogens is 1. The molecule has 1 aliphatic carbocycles. The fourth-order valence-corrected chi connectivity index (χ4v) is 3.36. The van der Waals surface area contributed by atoms with Crippen molar-refractivity contribution < 1.29 is 4.74 Å². The van der Waals surface area contributed by atoms with Gasteiger partial charge in [0, 0.05) is 0 Å². The second-order valence-corrected chi connectivity index (χ2v) is 6.81. The van der Waals surface area contributed by atoms with Gasteiger partial charge in [0.25, 0.3) is 0 Å². The van der Waals surface area contributed by atoms with Gasteiger partial charge in [-0.15, -0.1) is 0 Å². The lowest BCUT2D eigenvalue weighted by Crippen LogP contribution is -2.31. The highest BCUT2D eigenvalue weighted by atomic mass is 35.5. The highest BCUT2D eigenvalue weighted by Gasteiger charge is 2.24. The van der Waals surface area contributed by atoms with Crippen LogP contribution in [0.1, 0.15) is 36.8 Å². The van der Waals surface area contributed by atoms with E-state index in [1.165, 1.54) is 36.8 Å². The van der Waals surface area contributed by atoms with Crippen LogP contribution < -0.4 is 10.1 Å². The summed E-state index contributed by atoms with van der Waals surface area (Å²) in [6, 6.07) is 4.27. The molecule has 0 aromatic heterocycles. The molecule has 1 N–H and O–H groups in total. The minimum absolute atomic E-state index is 0.713. The first-order valence-electron chi connectivity index (χ1n) is 7.85. The van der Waals surface area contributed by atoms with Gasteiger partial charge in [0.05, 0.1) is 11.6 Å². The number of nitrogens with one attached hydrogen (secondary N) is 1. The van der Waals surface area contributed by atoms with Crippen LogP contribution in [0.2, 0.25) is 5.02 Å². The van der Waals surface area contributed by atoms with Crippen molar-refractivity contribution in [2.45, 2.75) is 39.0 Å². The Morgan fingerprint density at radius 2 is 2.10 bits per heavy atom. The summed E-state index contributed by atoms with van der Waals surface area (Å²) in [6.07, 6.45) is 6.29. The maximum absolute atomic E-state index is 6.42. The second kappa shape index (κ2) is 6.36. The van der Waals surface area contributed by atoms with Crippen molar-refractivity contribution >= 4 is 11.6 Å². The van der Waals surface area contributed by atoms with Crippen molar-refractivity contribution in [3.63, 3.8) is 0 Å². The quantitative estimate of drug-likeness (QED) is 0.887. The third-order valence-electron chi connectivity index (χ3n) is 4.33. The molecule has 0 amide bonds. The third-order valence-corrected chi connectivity index (χ3v) is 4.61. The zero-order valence-electron chi connectivity index (χ0n) is 12.3. The Kier molecular flexibility index (Phi) is 4.52. The lowest BCUT2D eigenvalue weighted by Gasteiger charge is -2.24. The largest absolute Gasteiger partial charge is 0.491 e. The van der Waals surface area contributed by atoms with E-state index in [2.05, 4.69) is 18.3 Å². The van der Waals surface area contributed by atoms with Gasteiger partial charge in [0.1, 0.15) is 5.75 Å². The van der Waals surface area contributed by atoms with Crippen LogP contribution in [0.15, 0.2) is 12.1 Å². The van der Waals surface area contributed by atoms with Crippen LogP contribution in [0, 0.1) is 18.8 Å². The number of hydrogen-bond donors (Lipinski definition) is 1. The number of ether oxygens (including phenoxy) is 1. The fraction of sp³-hybridized carbons (Fsp3) is 0.647. The molecule has 110 valence electrons. The van der Waals surface area contributed by atoms with E-state index < -0.39 is 0 Å². The summed E-state index contributed by atoms with van der Waals surface area (Å²) in [4.78, 5) is 0. The van der Waals surface area contributed by atoms with Gasteiger partial charge >= 0.3 is 0 Å². The van der Waals surface area contributed by atoms with Gasteiger partial charge in [-0.05, 0) is 81.1 Å². The maximum Gasteiger partial charge on any atom is 0.141 e. The summed E-state index contributed by atoms with van der Waals surface area (Å²) in [5.41, 5.74) is 2.52. The van der Waals surface area contributed by atoms with E-state index in [4.69, 9.17) is 16.3 Å². The van der Waals surface area contributed by atoms with Crippen LogP contribution in [0.5, 0.6) is 5.75 Å². The van der Waals surface area contributed by atoms with Crippen molar-refractivity contribution in [3.05, 3.63) is 28.3 Å². The van der Waals surface area contributed by atoms with E-state index in [-0.39, 0.29) is 0 Å². The minimum atomic E-state index is 0.713. The van der Waals surface area contributed by atoms with Crippen LogP contribution in [-0.2, 0) is 6.42 Å². The van der Waals surface area contributed by atoms with Gasteiger partial charge in [0.15, 0.2) is 0 Å². The van der Waals surface area contributed by atoms with Crippen LogP contribution in [0.4, 0.5) is 0 Å². The Morgan fingerprint density at radius 1 is 1.25 bits per heavy atom. The van der Waals surface area contributed by atoms with Gasteiger partial charge in [-0.3, -0.25) is 0 Å². The fourth-order valence-electron chi connectivity index (χ4n) is 3.01. The molecule has 1 saturated carbocycles. The van der Waals surface area contributed by atoms with Crippen LogP contribution >= 0.6 is 11.6 Å². The summed E-state index contributed by atoms with van der Waals surface area (Å²) in [5.74, 6) is 2.41. The lowest BCUT2D eigenvalue weighted by molar-refractivity contribution is 0.293. The molecule has 2 aliphatic rings. The van der Waals surface area contributed by atoms with Crippen LogP contribution in [0.25, 0.3) is 0 Å². The molecule has 2 nitrogen and oxygen atoms in total. The summed E-state index contributed by atoms with van der Waals surface area (Å²) in [6.45, 7) is 5.22. The Morgan fingerprint density at radius 3 is 2.80 bits per heavy atom. The Labute approximate surface area is 126 Å². The van der Waals surface area contributed by atoms with Gasteiger partial charge in [-0.25, -0.2) is 0 Å². The summed E-state index contributed by atoms with van der Waals surface area (Å²) in [7, 11) is 0. The Hall–Kier alpha value is -0.730. The molecule has 2 fully saturated rings. The highest BCUT2D eigenvalue weighted by Crippen LogP contribution is 2.36. The van der Waals surface area contributed by atoms with E-state index in [0.717, 1.165) is 42.8 Å². The number of rotatable bonds is 5. The maximum atomic E-state index is 6.42. The average molecular weight is 294 g/mol. The molecule has 1 aliphatic heterocycles. The molecular weight excluding hydrogens is 270 g/mol. The van der Waals surface area contributed by atoms with Crippen LogP contribution in [-0.4, -0.2) is 19.7 Å². The van der Waals surface area contributed by atoms with Gasteiger partial charge in [-0.1, -0.05) is 17.7 Å². The number of aryl methyl sites for hydroxylation is 1. The SMILES string of the molecule is Cc1cc(Cl)c(OCC2CC2)c(CC2CCCNC2)c1. The van der Waals surface area contributed by atoms with E-state index in [1.807, 2.05) is 6.07 Å². The summed E-state index contributed by atoms with van der Waals surface area (Å²) >= 11 is 6.42. The first kappa shape index (κ1) is 14.2. The number of hydrogen-bond acceptors (Lipinski definition) is 2. The van der Waals surface area contributed by atoms with Crippen molar-refractivity contribution in [1.29, 1.82) is 0 Å². The molecule has 3 heteroatoms. The average Bonchev–Trinajstić information content (AvgIpc) is 3.23. The summed E-state index contributed by atoms with van der Waals surface area (Å²) in [5, 5.41) is 4.27. The lowest BCUT2D eigenvalue weighted by atomic mass is 9.91. The van der Waals surface area contributed by atoms with Crippen molar-refractivity contribution in [2.24, 2.45) is 11.8 Å². The van der Waals surface area contributed by atoms with Crippen molar-refractivity contribution in [2.75, 3.05) is 19.7 Å². The highest BCUT2D eigenvalue weighted by molar-refractivity contribution is 6.32. The van der Waals surface area contributed by atoms with Gasteiger partial charge < -0.3 is 10.1 Å². The van der Waals surface area contributed by atoms with E-state index >= 15 is 0 Å². The Balaban J connectivity index is 1.74. The standard InChI is InChI=1S/C17H24ClNO/c1-12-7-15(9-14-3-2-6-19-10-14)17(16(18)8-12)20-11-13-4-5-13/h7-8,13-14,19H,2-6,9-11H2,1H3. The summed E-state index contributed by atoms with van der Waals surface area (Å²) < 4.78 is 6.04. The molecule has 1 heterocycles. The molecule has 1 unspecified atom stereocenters. The molecule has 0 radical (unpaired) electrons. The molecule has 0 spiro atoms. The molecule has 1 aromatic rings. The first-order valence-corrected chi connectivity index (χ1v) is 8.22. The molecule has 1 aromatic carbocycles. The first-order chi connectivity index (χ1) is 9.72. The van der Waals surface area contributed by atoms with E-state index in [9.17, 15) is 0 Å². The predicted octanol–water partition coefficient (Wildman–Crippen LogP) is 3.98. The van der Waals surface area contributed by atoms with Gasteiger partial charge in [-0.2, -0.15) is 0 Å². The van der Waals surface area contributed by atoms with Crippen molar-refractivity contribution in [1.82, 2.24) is 5.32 Å². The normalized spacial score (nSPS) is 22.8. The zero-order chi connectivity index (χ0) is 13.9.